The molecule has 2 aromatic rings. The first-order valence-electron chi connectivity index (χ1n) is 5.34. The van der Waals surface area contributed by atoms with E-state index in [1.807, 2.05) is 0 Å². The lowest BCUT2D eigenvalue weighted by molar-refractivity contribution is 0.622. The average Bonchev–Trinajstić information content (AvgIpc) is 2.55. The summed E-state index contributed by atoms with van der Waals surface area (Å²) in [6.07, 6.45) is 2.22. The predicted octanol–water partition coefficient (Wildman–Crippen LogP) is 3.96. The number of nitrogens with zero attached hydrogens (tertiary/aromatic N) is 1. The SMILES string of the molecule is Cc1ccc2c(c1)c(CS)cn2C(C)C. The summed E-state index contributed by atoms with van der Waals surface area (Å²) < 4.78 is 2.32. The van der Waals surface area contributed by atoms with Gasteiger partial charge >= 0.3 is 0 Å². The molecule has 1 nitrogen and oxygen atoms in total. The maximum atomic E-state index is 4.39. The minimum Gasteiger partial charge on any atom is -0.345 e. The van der Waals surface area contributed by atoms with Crippen molar-refractivity contribution >= 4 is 23.5 Å². The topological polar surface area (TPSA) is 4.93 Å². The predicted molar refractivity (Wildman–Crippen MR) is 69.8 cm³/mol. The lowest BCUT2D eigenvalue weighted by Crippen LogP contribution is -1.97. The Balaban J connectivity index is 2.75. The van der Waals surface area contributed by atoms with Crippen molar-refractivity contribution in [2.24, 2.45) is 0 Å². The summed E-state index contributed by atoms with van der Waals surface area (Å²) in [5.41, 5.74) is 3.96. The Morgan fingerprint density at radius 1 is 1.33 bits per heavy atom. The van der Waals surface area contributed by atoms with Crippen LogP contribution >= 0.6 is 12.6 Å². The second-order valence-electron chi connectivity index (χ2n) is 4.33. The highest BCUT2D eigenvalue weighted by Gasteiger charge is 2.09. The fourth-order valence-electron chi connectivity index (χ4n) is 1.99. The molecule has 0 radical (unpaired) electrons. The van der Waals surface area contributed by atoms with Crippen LogP contribution in [-0.4, -0.2) is 4.57 Å². The molecule has 0 spiro atoms. The Kier molecular flexibility index (Phi) is 2.79. The van der Waals surface area contributed by atoms with Crippen LogP contribution in [0.4, 0.5) is 0 Å². The molecular formula is C13H17NS. The summed E-state index contributed by atoms with van der Waals surface area (Å²) in [4.78, 5) is 0. The second kappa shape index (κ2) is 3.93. The number of aryl methyl sites for hydroxylation is 1. The molecule has 15 heavy (non-hydrogen) atoms. The molecule has 0 amide bonds. The van der Waals surface area contributed by atoms with E-state index in [9.17, 15) is 0 Å². The van der Waals surface area contributed by atoms with Crippen molar-refractivity contribution in [3.63, 3.8) is 0 Å². The molecule has 0 atom stereocenters. The van der Waals surface area contributed by atoms with Crippen LogP contribution < -0.4 is 0 Å². The Bertz CT molecular complexity index is 482. The monoisotopic (exact) mass is 219 g/mol. The van der Waals surface area contributed by atoms with Crippen LogP contribution in [0.2, 0.25) is 0 Å². The van der Waals surface area contributed by atoms with Crippen molar-refractivity contribution in [3.8, 4) is 0 Å². The molecule has 1 aromatic heterocycles. The van der Waals surface area contributed by atoms with Crippen LogP contribution in [0.5, 0.6) is 0 Å². The smallest absolute Gasteiger partial charge is 0.0486 e. The molecule has 1 heterocycles. The number of rotatable bonds is 2. The van der Waals surface area contributed by atoms with Crippen LogP contribution in [0.3, 0.4) is 0 Å². The van der Waals surface area contributed by atoms with Crippen molar-refractivity contribution in [3.05, 3.63) is 35.5 Å². The minimum absolute atomic E-state index is 0.504. The summed E-state index contributed by atoms with van der Waals surface area (Å²) in [5, 5.41) is 1.35. The zero-order valence-corrected chi connectivity index (χ0v) is 10.4. The molecule has 0 fully saturated rings. The van der Waals surface area contributed by atoms with Gasteiger partial charge in [-0.3, -0.25) is 0 Å². The lowest BCUT2D eigenvalue weighted by atomic mass is 10.1. The summed E-state index contributed by atoms with van der Waals surface area (Å²) in [6.45, 7) is 6.55. The van der Waals surface area contributed by atoms with Gasteiger partial charge in [0.25, 0.3) is 0 Å². The van der Waals surface area contributed by atoms with Gasteiger partial charge in [0.05, 0.1) is 0 Å². The highest BCUT2D eigenvalue weighted by Crippen LogP contribution is 2.26. The van der Waals surface area contributed by atoms with E-state index < -0.39 is 0 Å². The summed E-state index contributed by atoms with van der Waals surface area (Å²) in [6, 6.07) is 7.13. The Morgan fingerprint density at radius 2 is 2.07 bits per heavy atom. The van der Waals surface area contributed by atoms with Crippen LogP contribution in [0.1, 0.15) is 31.0 Å². The molecule has 0 saturated heterocycles. The summed E-state index contributed by atoms with van der Waals surface area (Å²) >= 11 is 4.39. The number of hydrogen-bond donors (Lipinski definition) is 1. The van der Waals surface area contributed by atoms with Crippen molar-refractivity contribution in [1.29, 1.82) is 0 Å². The van der Waals surface area contributed by atoms with Gasteiger partial charge in [-0.25, -0.2) is 0 Å². The van der Waals surface area contributed by atoms with E-state index in [0.717, 1.165) is 5.75 Å². The molecule has 0 aliphatic rings. The van der Waals surface area contributed by atoms with Crippen molar-refractivity contribution < 1.29 is 0 Å². The molecular weight excluding hydrogens is 202 g/mol. The van der Waals surface area contributed by atoms with E-state index in [-0.39, 0.29) is 0 Å². The highest BCUT2D eigenvalue weighted by atomic mass is 32.1. The van der Waals surface area contributed by atoms with Crippen LogP contribution in [0.25, 0.3) is 10.9 Å². The van der Waals surface area contributed by atoms with Gasteiger partial charge in [0.1, 0.15) is 0 Å². The average molecular weight is 219 g/mol. The number of thiol groups is 1. The van der Waals surface area contributed by atoms with Gasteiger partial charge in [0.15, 0.2) is 0 Å². The number of fused-ring (bicyclic) bond motifs is 1. The molecule has 2 rings (SSSR count). The summed E-state index contributed by atoms with van der Waals surface area (Å²) in [7, 11) is 0. The van der Waals surface area contributed by atoms with E-state index >= 15 is 0 Å². The van der Waals surface area contributed by atoms with E-state index in [1.54, 1.807) is 0 Å². The Hall–Kier alpha value is -0.890. The second-order valence-corrected chi connectivity index (χ2v) is 4.65. The van der Waals surface area contributed by atoms with E-state index in [1.165, 1.54) is 22.0 Å². The largest absolute Gasteiger partial charge is 0.345 e. The van der Waals surface area contributed by atoms with Crippen molar-refractivity contribution in [1.82, 2.24) is 4.57 Å². The fourth-order valence-corrected chi connectivity index (χ4v) is 2.24. The standard InChI is InChI=1S/C13H17NS/c1-9(2)14-7-11(8-15)12-6-10(3)4-5-13(12)14/h4-7,9,15H,8H2,1-3H3. The molecule has 0 aliphatic carbocycles. The normalized spacial score (nSPS) is 11.5. The third-order valence-electron chi connectivity index (χ3n) is 2.80. The van der Waals surface area contributed by atoms with Gasteiger partial charge in [-0.15, -0.1) is 0 Å². The van der Waals surface area contributed by atoms with Gasteiger partial charge < -0.3 is 4.57 Å². The van der Waals surface area contributed by atoms with Gasteiger partial charge in [-0.1, -0.05) is 11.6 Å². The van der Waals surface area contributed by atoms with E-state index in [0.29, 0.717) is 6.04 Å². The molecule has 80 valence electrons. The molecule has 0 saturated carbocycles. The molecule has 0 unspecified atom stereocenters. The first-order chi connectivity index (χ1) is 7.13. The minimum atomic E-state index is 0.504. The van der Waals surface area contributed by atoms with E-state index in [2.05, 4.69) is 62.4 Å². The van der Waals surface area contributed by atoms with Crippen LogP contribution in [0.15, 0.2) is 24.4 Å². The number of aromatic nitrogens is 1. The van der Waals surface area contributed by atoms with Gasteiger partial charge in [0.2, 0.25) is 0 Å². The fraction of sp³-hybridized carbons (Fsp3) is 0.385. The lowest BCUT2D eigenvalue weighted by Gasteiger charge is -2.08. The first kappa shape index (κ1) is 10.6. The number of hydrogen-bond acceptors (Lipinski definition) is 1. The maximum Gasteiger partial charge on any atom is 0.0486 e. The quantitative estimate of drug-likeness (QED) is 0.729. The van der Waals surface area contributed by atoms with Crippen molar-refractivity contribution in [2.45, 2.75) is 32.6 Å². The maximum absolute atomic E-state index is 4.39. The van der Waals surface area contributed by atoms with Crippen LogP contribution in [0, 0.1) is 6.92 Å². The zero-order valence-electron chi connectivity index (χ0n) is 9.49. The zero-order chi connectivity index (χ0) is 11.0. The molecule has 2 heteroatoms. The van der Waals surface area contributed by atoms with E-state index in [4.69, 9.17) is 0 Å². The van der Waals surface area contributed by atoms with Gasteiger partial charge in [0, 0.05) is 28.9 Å². The van der Waals surface area contributed by atoms with Gasteiger partial charge in [-0.2, -0.15) is 12.6 Å². The third-order valence-corrected chi connectivity index (χ3v) is 3.14. The molecule has 0 bridgehead atoms. The van der Waals surface area contributed by atoms with Gasteiger partial charge in [-0.05, 0) is 38.5 Å². The Labute approximate surface area is 96.5 Å². The molecule has 1 aromatic carbocycles. The molecule has 0 N–H and O–H groups in total. The number of benzene rings is 1. The first-order valence-corrected chi connectivity index (χ1v) is 5.97. The Morgan fingerprint density at radius 3 is 2.67 bits per heavy atom. The molecule has 0 aliphatic heterocycles. The third kappa shape index (κ3) is 1.78. The summed E-state index contributed by atoms with van der Waals surface area (Å²) in [5.74, 6) is 0.805. The highest BCUT2D eigenvalue weighted by molar-refractivity contribution is 7.79. The van der Waals surface area contributed by atoms with Crippen LogP contribution in [-0.2, 0) is 5.75 Å². The van der Waals surface area contributed by atoms with Crippen molar-refractivity contribution in [2.75, 3.05) is 0 Å².